The van der Waals surface area contributed by atoms with Crippen molar-refractivity contribution in [1.29, 1.82) is 0 Å². The lowest BCUT2D eigenvalue weighted by atomic mass is 9.99. The minimum atomic E-state index is -1.59. The Labute approximate surface area is 371 Å². The molecule has 0 aromatic carbocycles. The van der Waals surface area contributed by atoms with Gasteiger partial charge in [0.25, 0.3) is 0 Å². The summed E-state index contributed by atoms with van der Waals surface area (Å²) >= 11 is 0. The third-order valence-corrected chi connectivity index (χ3v) is 10.6. The van der Waals surface area contributed by atoms with Crippen LogP contribution in [0.2, 0.25) is 0 Å². The molecule has 7 atom stereocenters. The summed E-state index contributed by atoms with van der Waals surface area (Å²) in [6, 6.07) is -0.864. The molecule has 1 fully saturated rings. The average molecular weight is 854 g/mol. The second kappa shape index (κ2) is 41.1. The van der Waals surface area contributed by atoms with Crippen LogP contribution in [0.25, 0.3) is 0 Å². The number of nitrogens with one attached hydrogen (secondary N) is 1. The van der Waals surface area contributed by atoms with Gasteiger partial charge >= 0.3 is 0 Å². The zero-order valence-corrected chi connectivity index (χ0v) is 38.1. The lowest BCUT2D eigenvalue weighted by Crippen LogP contribution is -2.60. The molecule has 0 aliphatic carbocycles. The molecule has 0 aromatic rings. The smallest absolute Gasteiger partial charge is 0.220 e. The van der Waals surface area contributed by atoms with Gasteiger partial charge in [0.1, 0.15) is 24.4 Å². The lowest BCUT2D eigenvalue weighted by molar-refractivity contribution is -0.302. The molecule has 348 valence electrons. The van der Waals surface area contributed by atoms with Gasteiger partial charge in [-0.25, -0.2) is 0 Å². The molecule has 0 bridgehead atoms. The Bertz CT molecular complexity index is 1270. The maximum Gasteiger partial charge on any atom is 0.220 e. The minimum Gasteiger partial charge on any atom is -0.394 e. The first-order chi connectivity index (χ1) is 29.8. The van der Waals surface area contributed by atoms with Gasteiger partial charge in [0.2, 0.25) is 5.91 Å². The van der Waals surface area contributed by atoms with Crippen LogP contribution < -0.4 is 5.32 Å². The molecule has 1 saturated heterocycles. The Morgan fingerprint density at radius 1 is 0.574 bits per heavy atom. The van der Waals surface area contributed by atoms with Crippen LogP contribution in [-0.4, -0.2) is 87.5 Å². The van der Waals surface area contributed by atoms with Crippen LogP contribution in [0.15, 0.2) is 97.2 Å². The molecule has 1 amide bonds. The SMILES string of the molecule is CC/C=C\C/C=C\C/C=C\C/C=C\C/C=C\CCCC(=O)NC(COC1OC(CO)C(O)C(O)C1O)C(O)/C=C/CC/C=C/CC/C=C/CCCCCCCCCCCCC. The summed E-state index contributed by atoms with van der Waals surface area (Å²) in [6.45, 7) is 3.59. The van der Waals surface area contributed by atoms with Crippen molar-refractivity contribution in [2.75, 3.05) is 13.2 Å². The highest BCUT2D eigenvalue weighted by atomic mass is 16.7. The van der Waals surface area contributed by atoms with Gasteiger partial charge in [-0.05, 0) is 83.5 Å². The van der Waals surface area contributed by atoms with Crippen molar-refractivity contribution in [2.45, 2.75) is 211 Å². The van der Waals surface area contributed by atoms with E-state index in [1.807, 2.05) is 6.08 Å². The number of allylic oxidation sites excluding steroid dienone is 15. The third-order valence-electron chi connectivity index (χ3n) is 10.6. The molecule has 1 aliphatic rings. The molecule has 6 N–H and O–H groups in total. The maximum atomic E-state index is 12.9. The predicted octanol–water partition coefficient (Wildman–Crippen LogP) is 10.5. The molecule has 0 saturated carbocycles. The number of rotatable bonds is 38. The maximum absolute atomic E-state index is 12.9. The molecule has 7 unspecified atom stereocenters. The van der Waals surface area contributed by atoms with Crippen LogP contribution in [0.3, 0.4) is 0 Å². The first-order valence-corrected chi connectivity index (χ1v) is 24.0. The first-order valence-electron chi connectivity index (χ1n) is 24.0. The predicted molar refractivity (Wildman–Crippen MR) is 253 cm³/mol. The van der Waals surface area contributed by atoms with Gasteiger partial charge in [-0.2, -0.15) is 0 Å². The number of carbonyl (C=O) groups excluding carboxylic acids is 1. The molecule has 9 nitrogen and oxygen atoms in total. The van der Waals surface area contributed by atoms with Crippen molar-refractivity contribution >= 4 is 5.91 Å². The van der Waals surface area contributed by atoms with Crippen LogP contribution in [0.4, 0.5) is 0 Å². The molecule has 0 radical (unpaired) electrons. The topological polar surface area (TPSA) is 149 Å². The number of hydrogen-bond donors (Lipinski definition) is 6. The highest BCUT2D eigenvalue weighted by Crippen LogP contribution is 2.22. The monoisotopic (exact) mass is 854 g/mol. The van der Waals surface area contributed by atoms with Gasteiger partial charge in [0.05, 0.1) is 25.4 Å². The van der Waals surface area contributed by atoms with E-state index in [2.05, 4.69) is 104 Å². The summed E-state index contributed by atoms with van der Waals surface area (Å²) in [5, 5.41) is 54.2. The van der Waals surface area contributed by atoms with Gasteiger partial charge in [-0.3, -0.25) is 4.79 Å². The molecule has 1 heterocycles. The molecule has 9 heteroatoms. The van der Waals surface area contributed by atoms with Crippen LogP contribution in [0, 0.1) is 0 Å². The van der Waals surface area contributed by atoms with E-state index in [1.54, 1.807) is 6.08 Å². The average Bonchev–Trinajstić information content (AvgIpc) is 3.26. The van der Waals surface area contributed by atoms with E-state index in [0.717, 1.165) is 64.2 Å². The Morgan fingerprint density at radius 2 is 1.03 bits per heavy atom. The molecule has 61 heavy (non-hydrogen) atoms. The van der Waals surface area contributed by atoms with Crippen LogP contribution in [0.5, 0.6) is 0 Å². The number of amides is 1. The van der Waals surface area contributed by atoms with Crippen molar-refractivity contribution in [3.05, 3.63) is 97.2 Å². The molecular weight excluding hydrogens is 767 g/mol. The van der Waals surface area contributed by atoms with Crippen molar-refractivity contribution in [3.8, 4) is 0 Å². The van der Waals surface area contributed by atoms with Crippen LogP contribution in [-0.2, 0) is 14.3 Å². The Balaban J connectivity index is 2.43. The minimum absolute atomic E-state index is 0.235. The Kier molecular flexibility index (Phi) is 37.9. The van der Waals surface area contributed by atoms with E-state index >= 15 is 0 Å². The van der Waals surface area contributed by atoms with Crippen molar-refractivity contribution in [3.63, 3.8) is 0 Å². The van der Waals surface area contributed by atoms with E-state index in [0.29, 0.717) is 12.8 Å². The van der Waals surface area contributed by atoms with E-state index in [1.165, 1.54) is 70.6 Å². The molecule has 0 spiro atoms. The summed E-state index contributed by atoms with van der Waals surface area (Å²) in [5.74, 6) is -0.252. The number of carbonyl (C=O) groups is 1. The normalized spacial score (nSPS) is 21.3. The van der Waals surface area contributed by atoms with Crippen LogP contribution in [0.1, 0.15) is 168 Å². The van der Waals surface area contributed by atoms with Gasteiger partial charge in [0, 0.05) is 6.42 Å². The zero-order valence-electron chi connectivity index (χ0n) is 38.1. The highest BCUT2D eigenvalue weighted by Gasteiger charge is 2.44. The fraction of sp³-hybridized carbons (Fsp3) is 0.673. The van der Waals surface area contributed by atoms with Crippen molar-refractivity contribution in [1.82, 2.24) is 5.32 Å². The zero-order chi connectivity index (χ0) is 44.4. The van der Waals surface area contributed by atoms with E-state index in [-0.39, 0.29) is 18.9 Å². The number of ether oxygens (including phenoxy) is 2. The molecule has 1 aliphatic heterocycles. The van der Waals surface area contributed by atoms with E-state index < -0.39 is 49.5 Å². The molecular formula is C52H87NO8. The number of aliphatic hydroxyl groups excluding tert-OH is 5. The van der Waals surface area contributed by atoms with Gasteiger partial charge in [-0.15, -0.1) is 0 Å². The summed E-state index contributed by atoms with van der Waals surface area (Å²) in [5.41, 5.74) is 0. The second-order valence-electron chi connectivity index (χ2n) is 16.1. The Hall–Kier alpha value is -2.89. The van der Waals surface area contributed by atoms with Crippen molar-refractivity contribution < 1.29 is 39.8 Å². The standard InChI is InChI=1S/C52H87NO8/c1-3-5-7-9-11-13-15-17-19-21-22-23-24-26-27-29-31-33-35-37-39-41-46(55)45(44-60-52-51(59)50(58)49(57)47(43-54)61-52)53-48(56)42-40-38-36-34-32-30-28-25-20-18-16-14-12-10-8-6-4-2/h6,8,12,14,18,20,24,26,28,30-31,33-34,36,39,41,45-47,49-52,54-55,57-59H,3-5,7,9-11,13,15-17,19,21-23,25,27,29,32,35,37-38,40,42-44H2,1-2H3,(H,53,56)/b8-6-,14-12-,20-18-,26-24+,30-28-,33-31+,36-34-,41-39+. The first kappa shape index (κ1) is 56.1. The fourth-order valence-corrected chi connectivity index (χ4v) is 6.81. The summed E-state index contributed by atoms with van der Waals surface area (Å²) in [4.78, 5) is 12.9. The van der Waals surface area contributed by atoms with Crippen molar-refractivity contribution in [2.24, 2.45) is 0 Å². The molecule has 0 aromatic heterocycles. The van der Waals surface area contributed by atoms with Gasteiger partial charge in [-0.1, -0.05) is 175 Å². The van der Waals surface area contributed by atoms with Gasteiger partial charge < -0.3 is 40.3 Å². The van der Waals surface area contributed by atoms with E-state index in [4.69, 9.17) is 9.47 Å². The highest BCUT2D eigenvalue weighted by molar-refractivity contribution is 5.76. The summed E-state index contributed by atoms with van der Waals surface area (Å²) in [6.07, 6.45) is 51.7. The number of aliphatic hydroxyl groups is 5. The second-order valence-corrected chi connectivity index (χ2v) is 16.1. The number of hydrogen-bond acceptors (Lipinski definition) is 8. The van der Waals surface area contributed by atoms with Gasteiger partial charge in [0.15, 0.2) is 6.29 Å². The Morgan fingerprint density at radius 3 is 1.57 bits per heavy atom. The summed E-state index contributed by atoms with van der Waals surface area (Å²) in [7, 11) is 0. The third kappa shape index (κ3) is 31.6. The van der Waals surface area contributed by atoms with E-state index in [9.17, 15) is 30.3 Å². The summed E-state index contributed by atoms with van der Waals surface area (Å²) < 4.78 is 11.2. The quantitative estimate of drug-likeness (QED) is 0.0266. The van der Waals surface area contributed by atoms with Crippen LogP contribution >= 0.6 is 0 Å². The fourth-order valence-electron chi connectivity index (χ4n) is 6.81. The largest absolute Gasteiger partial charge is 0.394 e. The molecule has 1 rings (SSSR count). The number of unbranched alkanes of at least 4 members (excludes halogenated alkanes) is 14. The lowest BCUT2D eigenvalue weighted by Gasteiger charge is -2.40.